The Hall–Kier alpha value is -1.80. The molecule has 0 saturated heterocycles. The zero-order chi connectivity index (χ0) is 13.9. The third-order valence-corrected chi connectivity index (χ3v) is 3.94. The third kappa shape index (κ3) is 2.70. The summed E-state index contributed by atoms with van der Waals surface area (Å²) >= 11 is 6.00. The number of Topliss-reactive ketones (excluding diaryl/α,β-unsaturated/α-hetero) is 1. The van der Waals surface area contributed by atoms with Crippen molar-refractivity contribution in [2.45, 2.75) is 19.3 Å². The van der Waals surface area contributed by atoms with Gasteiger partial charge in [0.2, 0.25) is 5.78 Å². The molecule has 1 aliphatic carbocycles. The Bertz CT molecular complexity index is 649. The van der Waals surface area contributed by atoms with Gasteiger partial charge in [0, 0.05) is 5.56 Å². The molecular weight excluding hydrogens is 272 g/mol. The van der Waals surface area contributed by atoms with Crippen molar-refractivity contribution in [2.24, 2.45) is 0 Å². The van der Waals surface area contributed by atoms with E-state index >= 15 is 0 Å². The summed E-state index contributed by atoms with van der Waals surface area (Å²) in [6.07, 6.45) is 3.45. The molecule has 0 amide bonds. The number of hydrogen-bond donors (Lipinski definition) is 0. The number of aryl methyl sites for hydroxylation is 2. The first kappa shape index (κ1) is 13.2. The number of ketones is 1. The fraction of sp³-hybridized carbons (Fsp3) is 0.235. The van der Waals surface area contributed by atoms with Gasteiger partial charge < -0.3 is 4.74 Å². The van der Waals surface area contributed by atoms with Crippen LogP contribution in [0.25, 0.3) is 0 Å². The van der Waals surface area contributed by atoms with Crippen molar-refractivity contribution in [1.82, 2.24) is 0 Å². The second-order valence-corrected chi connectivity index (χ2v) is 5.38. The number of fused-ring (bicyclic) bond motifs is 1. The molecule has 0 heterocycles. The highest BCUT2D eigenvalue weighted by molar-refractivity contribution is 6.34. The minimum Gasteiger partial charge on any atom is -0.485 e. The Kier molecular flexibility index (Phi) is 3.75. The van der Waals surface area contributed by atoms with Crippen molar-refractivity contribution < 1.29 is 9.53 Å². The second-order valence-electron chi connectivity index (χ2n) is 4.98. The minimum atomic E-state index is -0.101. The van der Waals surface area contributed by atoms with Gasteiger partial charge in [0.1, 0.15) is 5.75 Å². The normalized spacial score (nSPS) is 13.1. The van der Waals surface area contributed by atoms with Gasteiger partial charge in [-0.15, -0.1) is 0 Å². The molecule has 2 aromatic rings. The molecule has 3 heteroatoms. The van der Waals surface area contributed by atoms with Gasteiger partial charge in [-0.05, 0) is 54.7 Å². The van der Waals surface area contributed by atoms with Crippen molar-refractivity contribution in [2.75, 3.05) is 6.61 Å². The first-order chi connectivity index (χ1) is 9.74. The van der Waals surface area contributed by atoms with Crippen LogP contribution in [0.3, 0.4) is 0 Å². The van der Waals surface area contributed by atoms with Crippen molar-refractivity contribution in [3.05, 3.63) is 64.2 Å². The van der Waals surface area contributed by atoms with Crippen LogP contribution in [-0.4, -0.2) is 12.4 Å². The largest absolute Gasteiger partial charge is 0.485 e. The molecule has 1 aliphatic rings. The Labute approximate surface area is 123 Å². The van der Waals surface area contributed by atoms with Crippen LogP contribution in [0.1, 0.15) is 27.9 Å². The van der Waals surface area contributed by atoms with Crippen LogP contribution in [0.5, 0.6) is 5.75 Å². The summed E-state index contributed by atoms with van der Waals surface area (Å²) in [5, 5.41) is 0.468. The summed E-state index contributed by atoms with van der Waals surface area (Å²) in [5.74, 6) is 0.655. The Balaban J connectivity index is 1.68. The molecule has 0 unspecified atom stereocenters. The van der Waals surface area contributed by atoms with Crippen molar-refractivity contribution in [1.29, 1.82) is 0 Å². The number of carbonyl (C=O) groups excluding carboxylic acids is 1. The van der Waals surface area contributed by atoms with Gasteiger partial charge in [-0.2, -0.15) is 0 Å². The lowest BCUT2D eigenvalue weighted by Gasteiger charge is -2.08. The molecule has 2 aromatic carbocycles. The molecule has 0 aromatic heterocycles. The van der Waals surface area contributed by atoms with Gasteiger partial charge in [0.15, 0.2) is 6.61 Å². The van der Waals surface area contributed by atoms with E-state index in [9.17, 15) is 4.79 Å². The Morgan fingerprint density at radius 1 is 1.10 bits per heavy atom. The molecule has 0 saturated carbocycles. The van der Waals surface area contributed by atoms with E-state index in [0.717, 1.165) is 18.6 Å². The highest BCUT2D eigenvalue weighted by atomic mass is 35.5. The molecule has 3 rings (SSSR count). The fourth-order valence-corrected chi connectivity index (χ4v) is 2.79. The van der Waals surface area contributed by atoms with Crippen molar-refractivity contribution in [3.8, 4) is 5.75 Å². The lowest BCUT2D eigenvalue weighted by atomic mass is 10.1. The third-order valence-electron chi connectivity index (χ3n) is 3.61. The summed E-state index contributed by atoms with van der Waals surface area (Å²) in [6, 6.07) is 13.1. The first-order valence-corrected chi connectivity index (χ1v) is 7.14. The Morgan fingerprint density at radius 2 is 1.90 bits per heavy atom. The number of benzene rings is 2. The smallest absolute Gasteiger partial charge is 0.201 e. The summed E-state index contributed by atoms with van der Waals surface area (Å²) in [4.78, 5) is 12.1. The maximum atomic E-state index is 12.1. The zero-order valence-electron chi connectivity index (χ0n) is 11.1. The van der Waals surface area contributed by atoms with Crippen LogP contribution in [0.2, 0.25) is 5.02 Å². The zero-order valence-corrected chi connectivity index (χ0v) is 11.8. The topological polar surface area (TPSA) is 26.3 Å². The highest BCUT2D eigenvalue weighted by Crippen LogP contribution is 2.26. The summed E-state index contributed by atoms with van der Waals surface area (Å²) in [6.45, 7) is 0.0164. The van der Waals surface area contributed by atoms with E-state index in [4.69, 9.17) is 16.3 Å². The molecule has 0 radical (unpaired) electrons. The molecule has 102 valence electrons. The van der Waals surface area contributed by atoms with Crippen molar-refractivity contribution in [3.63, 3.8) is 0 Å². The van der Waals surface area contributed by atoms with Crippen LogP contribution < -0.4 is 4.74 Å². The maximum Gasteiger partial charge on any atom is 0.201 e. The van der Waals surface area contributed by atoms with E-state index in [1.807, 2.05) is 12.1 Å². The SMILES string of the molecule is O=C(COc1ccc2c(c1)CCC2)c1ccccc1Cl. The van der Waals surface area contributed by atoms with E-state index in [0.29, 0.717) is 10.6 Å². The van der Waals surface area contributed by atoms with Crippen LogP contribution in [0, 0.1) is 0 Å². The molecule has 2 nitrogen and oxygen atoms in total. The Morgan fingerprint density at radius 3 is 2.75 bits per heavy atom. The van der Waals surface area contributed by atoms with Crippen LogP contribution >= 0.6 is 11.6 Å². The average Bonchev–Trinajstić information content (AvgIpc) is 2.92. The average molecular weight is 287 g/mol. The number of ether oxygens (including phenoxy) is 1. The molecule has 0 fully saturated rings. The van der Waals surface area contributed by atoms with Crippen LogP contribution in [-0.2, 0) is 12.8 Å². The number of hydrogen-bond acceptors (Lipinski definition) is 2. The quantitative estimate of drug-likeness (QED) is 0.791. The van der Waals surface area contributed by atoms with E-state index < -0.39 is 0 Å². The standard InChI is InChI=1S/C17H15ClO2/c18-16-7-2-1-6-15(16)17(19)11-20-14-9-8-12-4-3-5-13(12)10-14/h1-2,6-10H,3-5,11H2. The predicted molar refractivity (Wildman–Crippen MR) is 79.7 cm³/mol. The fourth-order valence-electron chi connectivity index (χ4n) is 2.55. The van der Waals surface area contributed by atoms with Crippen LogP contribution in [0.4, 0.5) is 0 Å². The number of carbonyl (C=O) groups is 1. The van der Waals surface area contributed by atoms with Gasteiger partial charge in [-0.25, -0.2) is 0 Å². The number of rotatable bonds is 4. The molecule has 0 aliphatic heterocycles. The lowest BCUT2D eigenvalue weighted by Crippen LogP contribution is -2.12. The number of halogens is 1. The molecule has 0 spiro atoms. The minimum absolute atomic E-state index is 0.0164. The summed E-state index contributed by atoms with van der Waals surface area (Å²) in [5.41, 5.74) is 3.25. The molecule has 0 atom stereocenters. The molecule has 0 N–H and O–H groups in total. The van der Waals surface area contributed by atoms with Crippen molar-refractivity contribution >= 4 is 17.4 Å². The van der Waals surface area contributed by atoms with Gasteiger partial charge >= 0.3 is 0 Å². The lowest BCUT2D eigenvalue weighted by molar-refractivity contribution is 0.0921. The van der Waals surface area contributed by atoms with Crippen LogP contribution in [0.15, 0.2) is 42.5 Å². The summed E-state index contributed by atoms with van der Waals surface area (Å²) in [7, 11) is 0. The van der Waals surface area contributed by atoms with E-state index in [-0.39, 0.29) is 12.4 Å². The van der Waals surface area contributed by atoms with Gasteiger partial charge in [0.05, 0.1) is 5.02 Å². The highest BCUT2D eigenvalue weighted by Gasteiger charge is 2.13. The molecule has 20 heavy (non-hydrogen) atoms. The van der Waals surface area contributed by atoms with Gasteiger partial charge in [-0.1, -0.05) is 29.8 Å². The maximum absolute atomic E-state index is 12.1. The monoisotopic (exact) mass is 286 g/mol. The molecular formula is C17H15ClO2. The van der Waals surface area contributed by atoms with Gasteiger partial charge in [0.25, 0.3) is 0 Å². The van der Waals surface area contributed by atoms with E-state index in [1.165, 1.54) is 17.5 Å². The summed E-state index contributed by atoms with van der Waals surface area (Å²) < 4.78 is 5.59. The molecule has 0 bridgehead atoms. The second kappa shape index (κ2) is 5.68. The first-order valence-electron chi connectivity index (χ1n) is 6.76. The van der Waals surface area contributed by atoms with E-state index in [2.05, 4.69) is 6.07 Å². The van der Waals surface area contributed by atoms with Gasteiger partial charge in [-0.3, -0.25) is 4.79 Å². The predicted octanol–water partition coefficient (Wildman–Crippen LogP) is 4.09. The van der Waals surface area contributed by atoms with E-state index in [1.54, 1.807) is 24.3 Å².